The number of rotatable bonds is 13. The van der Waals surface area contributed by atoms with E-state index in [0.717, 1.165) is 42.3 Å². The van der Waals surface area contributed by atoms with Crippen LogP contribution in [-0.2, 0) is 11.3 Å². The molecular weight excluding hydrogens is 532 g/mol. The summed E-state index contributed by atoms with van der Waals surface area (Å²) in [5.41, 5.74) is 2.31. The van der Waals surface area contributed by atoms with Gasteiger partial charge in [0.25, 0.3) is 5.91 Å². The van der Waals surface area contributed by atoms with E-state index in [1.807, 2.05) is 30.3 Å². The van der Waals surface area contributed by atoms with Gasteiger partial charge in [-0.1, -0.05) is 24.8 Å². The van der Waals surface area contributed by atoms with Crippen molar-refractivity contribution >= 4 is 29.1 Å². The molecule has 0 saturated carbocycles. The Morgan fingerprint density at radius 2 is 1.57 bits per heavy atom. The van der Waals surface area contributed by atoms with Gasteiger partial charge >= 0.3 is 6.09 Å². The first kappa shape index (κ1) is 32.0. The van der Waals surface area contributed by atoms with Crippen LogP contribution in [0, 0.1) is 0 Å². The fourth-order valence-electron chi connectivity index (χ4n) is 3.98. The molecule has 3 N–H and O–H groups in total. The van der Waals surface area contributed by atoms with Crippen molar-refractivity contribution in [2.45, 2.75) is 39.3 Å². The van der Waals surface area contributed by atoms with Crippen molar-refractivity contribution in [1.82, 2.24) is 14.8 Å². The molecule has 0 aliphatic carbocycles. The van der Waals surface area contributed by atoms with Gasteiger partial charge in [-0.25, -0.2) is 4.79 Å². The summed E-state index contributed by atoms with van der Waals surface area (Å²) in [4.78, 5) is 34.0. The molecule has 224 valence electrons. The quantitative estimate of drug-likeness (QED) is 0.227. The van der Waals surface area contributed by atoms with E-state index >= 15 is 0 Å². The summed E-state index contributed by atoms with van der Waals surface area (Å²) in [5, 5.41) is 8.89. The van der Waals surface area contributed by atoms with Gasteiger partial charge in [-0.2, -0.15) is 0 Å². The molecular formula is C32H42N6O4. The van der Waals surface area contributed by atoms with E-state index in [9.17, 15) is 9.59 Å². The number of carbonyl (C=O) groups excluding carboxylic acids is 2. The van der Waals surface area contributed by atoms with Crippen molar-refractivity contribution in [3.63, 3.8) is 0 Å². The molecule has 1 heterocycles. The number of ether oxygens (including phenoxy) is 2. The number of nitrogens with zero attached hydrogens (tertiary/aromatic N) is 3. The van der Waals surface area contributed by atoms with Crippen molar-refractivity contribution in [1.29, 1.82) is 0 Å². The summed E-state index contributed by atoms with van der Waals surface area (Å²) in [6, 6.07) is 18.2. The Kier molecular flexibility index (Phi) is 11.3. The summed E-state index contributed by atoms with van der Waals surface area (Å²) < 4.78 is 10.6. The number of para-hydroxylation sites is 2. The van der Waals surface area contributed by atoms with E-state index in [1.165, 1.54) is 0 Å². The number of anilines is 3. The fourth-order valence-corrected chi connectivity index (χ4v) is 3.98. The number of hydrogen-bond donors (Lipinski definition) is 3. The molecule has 3 rings (SSSR count). The molecule has 0 aliphatic rings. The molecule has 10 nitrogen and oxygen atoms in total. The Balaban J connectivity index is 1.67. The minimum Gasteiger partial charge on any atom is -0.497 e. The van der Waals surface area contributed by atoms with E-state index in [4.69, 9.17) is 9.47 Å². The molecule has 3 aromatic rings. The highest BCUT2D eigenvalue weighted by molar-refractivity contribution is 6.05. The molecule has 0 spiro atoms. The highest BCUT2D eigenvalue weighted by Gasteiger charge is 2.18. The van der Waals surface area contributed by atoms with Gasteiger partial charge in [-0.3, -0.25) is 15.1 Å². The highest BCUT2D eigenvalue weighted by Crippen LogP contribution is 2.23. The van der Waals surface area contributed by atoms with Gasteiger partial charge in [0.1, 0.15) is 17.0 Å². The second-order valence-corrected chi connectivity index (χ2v) is 11.1. The zero-order valence-corrected chi connectivity index (χ0v) is 25.4. The van der Waals surface area contributed by atoms with Gasteiger partial charge < -0.3 is 29.9 Å². The van der Waals surface area contributed by atoms with Crippen LogP contribution in [-0.4, -0.2) is 66.7 Å². The van der Waals surface area contributed by atoms with Crippen LogP contribution in [0.5, 0.6) is 5.75 Å². The monoisotopic (exact) mass is 574 g/mol. The average molecular weight is 575 g/mol. The lowest BCUT2D eigenvalue weighted by molar-refractivity contribution is 0.0635. The van der Waals surface area contributed by atoms with Crippen molar-refractivity contribution in [3.05, 3.63) is 90.5 Å². The number of carbonyl (C=O) groups is 2. The summed E-state index contributed by atoms with van der Waals surface area (Å²) in [7, 11) is 5.74. The smallest absolute Gasteiger partial charge is 0.412 e. The number of aromatic nitrogens is 1. The average Bonchev–Trinajstić information content (AvgIpc) is 2.93. The third-order valence-corrected chi connectivity index (χ3v) is 6.04. The van der Waals surface area contributed by atoms with Gasteiger partial charge in [-0.15, -0.1) is 0 Å². The maximum absolute atomic E-state index is 13.0. The van der Waals surface area contributed by atoms with Crippen LogP contribution in [0.1, 0.15) is 43.2 Å². The lowest BCUT2D eigenvalue weighted by atomic mass is 10.2. The van der Waals surface area contributed by atoms with Gasteiger partial charge in [0, 0.05) is 25.0 Å². The SMILES string of the molecule is C=C(Nc1ccc(OC)cc1)N(CCCN(C)C)Cc1ccc(C(=O)Nc2ccccc2NC(=O)OC(C)(C)C)nc1. The number of pyridine rings is 1. The summed E-state index contributed by atoms with van der Waals surface area (Å²) in [6.07, 6.45) is 2.03. The lowest BCUT2D eigenvalue weighted by Gasteiger charge is -2.28. The Bertz CT molecular complexity index is 1330. The molecule has 2 aromatic carbocycles. The maximum Gasteiger partial charge on any atom is 0.412 e. The van der Waals surface area contributed by atoms with Crippen LogP contribution in [0.25, 0.3) is 0 Å². The van der Waals surface area contributed by atoms with Crippen LogP contribution >= 0.6 is 0 Å². The number of hydrogen-bond acceptors (Lipinski definition) is 8. The first-order chi connectivity index (χ1) is 19.9. The van der Waals surface area contributed by atoms with E-state index in [1.54, 1.807) is 64.4 Å². The number of benzene rings is 2. The molecule has 0 bridgehead atoms. The predicted molar refractivity (Wildman–Crippen MR) is 168 cm³/mol. The standard InChI is InChI=1S/C32H42N6O4/c1-23(34-25-14-16-26(41-7)17-15-25)38(20-10-19-37(5)6)22-24-13-18-29(33-21-24)30(39)35-27-11-8-9-12-28(27)36-31(40)42-32(2,3)4/h8-9,11-18,21,34H,1,10,19-20,22H2,2-7H3,(H,35,39)(H,36,40). The van der Waals surface area contributed by atoms with Crippen LogP contribution in [0.15, 0.2) is 79.3 Å². The lowest BCUT2D eigenvalue weighted by Crippen LogP contribution is -2.29. The molecule has 0 aliphatic heterocycles. The molecule has 0 radical (unpaired) electrons. The van der Waals surface area contributed by atoms with Gasteiger partial charge in [0.05, 0.1) is 24.3 Å². The van der Waals surface area contributed by atoms with E-state index in [0.29, 0.717) is 17.9 Å². The van der Waals surface area contributed by atoms with Crippen LogP contribution in [0.2, 0.25) is 0 Å². The largest absolute Gasteiger partial charge is 0.497 e. The maximum atomic E-state index is 13.0. The van der Waals surface area contributed by atoms with E-state index < -0.39 is 17.6 Å². The molecule has 10 heteroatoms. The van der Waals surface area contributed by atoms with E-state index in [2.05, 4.69) is 51.4 Å². The van der Waals surface area contributed by atoms with Crippen LogP contribution < -0.4 is 20.7 Å². The fraction of sp³-hybridized carbons (Fsp3) is 0.344. The molecule has 42 heavy (non-hydrogen) atoms. The Morgan fingerprint density at radius 1 is 0.905 bits per heavy atom. The highest BCUT2D eigenvalue weighted by atomic mass is 16.6. The van der Waals surface area contributed by atoms with Crippen molar-refractivity contribution in [2.24, 2.45) is 0 Å². The summed E-state index contributed by atoms with van der Waals surface area (Å²) in [6.45, 7) is 11.9. The zero-order valence-electron chi connectivity index (χ0n) is 25.4. The molecule has 2 amide bonds. The van der Waals surface area contributed by atoms with Crippen molar-refractivity contribution in [2.75, 3.05) is 50.2 Å². The molecule has 0 atom stereocenters. The Hall–Kier alpha value is -4.57. The van der Waals surface area contributed by atoms with Gasteiger partial charge in [0.15, 0.2) is 0 Å². The number of amides is 2. The molecule has 1 aromatic heterocycles. The Morgan fingerprint density at radius 3 is 2.14 bits per heavy atom. The summed E-state index contributed by atoms with van der Waals surface area (Å²) >= 11 is 0. The first-order valence-corrected chi connectivity index (χ1v) is 13.8. The minimum absolute atomic E-state index is 0.250. The Labute approximate surface area is 248 Å². The van der Waals surface area contributed by atoms with Crippen LogP contribution in [0.4, 0.5) is 21.9 Å². The third kappa shape index (κ3) is 10.4. The van der Waals surface area contributed by atoms with Crippen molar-refractivity contribution in [3.8, 4) is 5.75 Å². The normalized spacial score (nSPS) is 11.0. The number of methoxy groups -OCH3 is 1. The van der Waals surface area contributed by atoms with Gasteiger partial charge in [0.2, 0.25) is 0 Å². The topological polar surface area (TPSA) is 108 Å². The number of nitrogens with one attached hydrogen (secondary N) is 3. The van der Waals surface area contributed by atoms with Gasteiger partial charge in [-0.05, 0) is 95.9 Å². The van der Waals surface area contributed by atoms with Crippen LogP contribution in [0.3, 0.4) is 0 Å². The zero-order chi connectivity index (χ0) is 30.7. The summed E-state index contributed by atoms with van der Waals surface area (Å²) in [5.74, 6) is 1.15. The second-order valence-electron chi connectivity index (χ2n) is 11.1. The predicted octanol–water partition coefficient (Wildman–Crippen LogP) is 6.03. The molecule has 0 fully saturated rings. The molecule has 0 unspecified atom stereocenters. The van der Waals surface area contributed by atoms with Crippen molar-refractivity contribution < 1.29 is 19.1 Å². The van der Waals surface area contributed by atoms with E-state index in [-0.39, 0.29) is 5.69 Å². The minimum atomic E-state index is -0.645. The first-order valence-electron chi connectivity index (χ1n) is 13.8. The second kappa shape index (κ2) is 14.9. The molecule has 0 saturated heterocycles. The third-order valence-electron chi connectivity index (χ3n) is 6.04.